The first-order valence-electron chi connectivity index (χ1n) is 7.05. The van der Waals surface area contributed by atoms with Crippen molar-refractivity contribution in [2.45, 2.75) is 0 Å². The summed E-state index contributed by atoms with van der Waals surface area (Å²) in [6, 6.07) is 30.3. The molecule has 0 fully saturated rings. The lowest BCUT2D eigenvalue weighted by Gasteiger charge is -2.04. The Balaban J connectivity index is 2.02. The van der Waals surface area contributed by atoms with E-state index in [0.717, 1.165) is 0 Å². The topological polar surface area (TPSA) is 4.93 Å². The molecule has 1 aromatic heterocycles. The fraction of sp³-hybridized carbons (Fsp3) is 0. The Morgan fingerprint density at radius 2 is 1.48 bits per heavy atom. The molecule has 0 saturated carbocycles. The van der Waals surface area contributed by atoms with E-state index < -0.39 is 0 Å². The zero-order chi connectivity index (χ0) is 14.1. The van der Waals surface area contributed by atoms with Crippen LogP contribution in [0.4, 0.5) is 0 Å². The minimum absolute atomic E-state index is 1.17. The lowest BCUT2D eigenvalue weighted by atomic mass is 10.1. The predicted molar refractivity (Wildman–Crippen MR) is 87.5 cm³/mol. The van der Waals surface area contributed by atoms with Gasteiger partial charge in [-0.25, -0.2) is 0 Å². The van der Waals surface area contributed by atoms with E-state index >= 15 is 0 Å². The quantitative estimate of drug-likeness (QED) is 0.477. The van der Waals surface area contributed by atoms with Crippen molar-refractivity contribution in [3.05, 3.63) is 91.1 Å². The minimum atomic E-state index is 1.17. The van der Waals surface area contributed by atoms with Gasteiger partial charge < -0.3 is 4.57 Å². The molecule has 0 aliphatic rings. The number of hydrogen-bond acceptors (Lipinski definition) is 0. The summed E-state index contributed by atoms with van der Waals surface area (Å²) in [6.45, 7) is 0. The average molecular weight is 268 g/mol. The third-order valence-corrected chi connectivity index (χ3v) is 3.77. The van der Waals surface area contributed by atoms with Crippen molar-refractivity contribution in [2.24, 2.45) is 0 Å². The van der Waals surface area contributed by atoms with Crippen LogP contribution in [0.2, 0.25) is 0 Å². The Morgan fingerprint density at radius 3 is 2.24 bits per heavy atom. The molecule has 0 spiro atoms. The van der Waals surface area contributed by atoms with E-state index in [1.807, 2.05) is 18.2 Å². The van der Waals surface area contributed by atoms with E-state index in [9.17, 15) is 0 Å². The maximum Gasteiger partial charge on any atom is 0.0541 e. The van der Waals surface area contributed by atoms with Crippen LogP contribution in [0.1, 0.15) is 0 Å². The summed E-state index contributed by atoms with van der Waals surface area (Å²) < 4.78 is 2.23. The molecule has 0 amide bonds. The number of hydrogen-bond donors (Lipinski definition) is 0. The molecule has 1 nitrogen and oxygen atoms in total. The second-order valence-electron chi connectivity index (χ2n) is 5.06. The van der Waals surface area contributed by atoms with Gasteiger partial charge in [-0.2, -0.15) is 0 Å². The van der Waals surface area contributed by atoms with Crippen LogP contribution in [-0.4, -0.2) is 4.57 Å². The van der Waals surface area contributed by atoms with Gasteiger partial charge in [-0.15, -0.1) is 0 Å². The van der Waals surface area contributed by atoms with E-state index in [1.165, 1.54) is 27.7 Å². The molecule has 0 N–H and O–H groups in total. The fourth-order valence-corrected chi connectivity index (χ4v) is 2.77. The molecular weight excluding hydrogens is 254 g/mol. The number of rotatable bonds is 2. The smallest absolute Gasteiger partial charge is 0.0541 e. The van der Waals surface area contributed by atoms with Crippen LogP contribution in [-0.2, 0) is 0 Å². The molecule has 0 atom stereocenters. The van der Waals surface area contributed by atoms with Crippen LogP contribution in [0.25, 0.3) is 27.7 Å². The Labute approximate surface area is 124 Å². The third kappa shape index (κ3) is 2.03. The van der Waals surface area contributed by atoms with E-state index in [0.29, 0.717) is 0 Å². The van der Waals surface area contributed by atoms with Gasteiger partial charge in [0.2, 0.25) is 0 Å². The molecular formula is C20H14N. The highest BCUT2D eigenvalue weighted by molar-refractivity contribution is 5.97. The van der Waals surface area contributed by atoms with Gasteiger partial charge in [-0.05, 0) is 29.8 Å². The molecule has 0 aliphatic carbocycles. The highest BCUT2D eigenvalue weighted by atomic mass is 15.0. The fourth-order valence-electron chi connectivity index (χ4n) is 2.77. The Kier molecular flexibility index (Phi) is 2.82. The first kappa shape index (κ1) is 12.0. The summed E-state index contributed by atoms with van der Waals surface area (Å²) in [7, 11) is 0. The molecule has 0 bridgehead atoms. The summed E-state index contributed by atoms with van der Waals surface area (Å²) in [6.07, 6.45) is 2.21. The van der Waals surface area contributed by atoms with E-state index in [4.69, 9.17) is 0 Å². The summed E-state index contributed by atoms with van der Waals surface area (Å²) in [5, 5.41) is 1.25. The maximum atomic E-state index is 3.19. The molecule has 1 heterocycles. The lowest BCUT2D eigenvalue weighted by Crippen LogP contribution is -1.90. The van der Waals surface area contributed by atoms with Gasteiger partial charge in [-0.1, -0.05) is 60.7 Å². The van der Waals surface area contributed by atoms with E-state index in [2.05, 4.69) is 77.5 Å². The molecule has 0 unspecified atom stereocenters. The molecule has 3 aromatic carbocycles. The largest absolute Gasteiger partial charge is 0.316 e. The summed E-state index contributed by atoms with van der Waals surface area (Å²) >= 11 is 0. The molecule has 21 heavy (non-hydrogen) atoms. The molecule has 0 saturated heterocycles. The van der Waals surface area contributed by atoms with Crippen LogP contribution in [0, 0.1) is 6.07 Å². The number of benzene rings is 3. The third-order valence-electron chi connectivity index (χ3n) is 3.77. The molecule has 1 heteroatoms. The molecule has 0 aliphatic heterocycles. The zero-order valence-electron chi connectivity index (χ0n) is 11.5. The van der Waals surface area contributed by atoms with Crippen LogP contribution >= 0.6 is 0 Å². The van der Waals surface area contributed by atoms with Gasteiger partial charge in [0, 0.05) is 22.8 Å². The first-order chi connectivity index (χ1) is 10.4. The second kappa shape index (κ2) is 4.95. The van der Waals surface area contributed by atoms with Crippen molar-refractivity contribution in [1.29, 1.82) is 0 Å². The van der Waals surface area contributed by atoms with Crippen LogP contribution in [0.5, 0.6) is 0 Å². The number of fused-ring (bicyclic) bond motifs is 1. The van der Waals surface area contributed by atoms with Crippen molar-refractivity contribution in [3.8, 4) is 16.8 Å². The normalized spacial score (nSPS) is 10.9. The minimum Gasteiger partial charge on any atom is -0.316 e. The maximum absolute atomic E-state index is 3.19. The van der Waals surface area contributed by atoms with Gasteiger partial charge >= 0.3 is 0 Å². The predicted octanol–water partition coefficient (Wildman–Crippen LogP) is 5.10. The van der Waals surface area contributed by atoms with Gasteiger partial charge in [-0.3, -0.25) is 0 Å². The Hall–Kier alpha value is -2.80. The van der Waals surface area contributed by atoms with Crippen molar-refractivity contribution in [2.75, 3.05) is 0 Å². The summed E-state index contributed by atoms with van der Waals surface area (Å²) in [5.74, 6) is 0. The van der Waals surface area contributed by atoms with Gasteiger partial charge in [0.25, 0.3) is 0 Å². The van der Waals surface area contributed by atoms with Crippen LogP contribution in [0.15, 0.2) is 85.1 Å². The average Bonchev–Trinajstić information content (AvgIpc) is 2.96. The summed E-state index contributed by atoms with van der Waals surface area (Å²) in [4.78, 5) is 0. The van der Waals surface area contributed by atoms with Crippen LogP contribution < -0.4 is 0 Å². The molecule has 4 rings (SSSR count). The highest BCUT2D eigenvalue weighted by Crippen LogP contribution is 2.32. The van der Waals surface area contributed by atoms with Crippen LogP contribution in [0.3, 0.4) is 0 Å². The van der Waals surface area contributed by atoms with Crippen molar-refractivity contribution < 1.29 is 0 Å². The lowest BCUT2D eigenvalue weighted by molar-refractivity contribution is 1.13. The first-order valence-corrected chi connectivity index (χ1v) is 7.05. The molecule has 1 radical (unpaired) electrons. The van der Waals surface area contributed by atoms with Gasteiger partial charge in [0.15, 0.2) is 0 Å². The van der Waals surface area contributed by atoms with Gasteiger partial charge in [0.05, 0.1) is 5.52 Å². The number of para-hydroxylation sites is 1. The standard InChI is InChI=1S/C20H14N/c1-3-9-16(10-4-1)19-15-21(17-11-5-2-6-12-17)20-14-8-7-13-18(19)20/h1-7,9-15H. The van der Waals surface area contributed by atoms with Crippen molar-refractivity contribution in [1.82, 2.24) is 4.57 Å². The number of nitrogens with zero attached hydrogens (tertiary/aromatic N) is 1. The van der Waals surface area contributed by atoms with Crippen molar-refractivity contribution in [3.63, 3.8) is 0 Å². The van der Waals surface area contributed by atoms with E-state index in [1.54, 1.807) is 0 Å². The summed E-state index contributed by atoms with van der Waals surface area (Å²) in [5.41, 5.74) is 4.85. The Bertz CT molecular complexity index is 800. The second-order valence-corrected chi connectivity index (χ2v) is 5.06. The van der Waals surface area contributed by atoms with Crippen molar-refractivity contribution >= 4 is 10.9 Å². The van der Waals surface area contributed by atoms with Gasteiger partial charge in [0.1, 0.15) is 0 Å². The Morgan fingerprint density at radius 1 is 0.762 bits per heavy atom. The van der Waals surface area contributed by atoms with E-state index in [-0.39, 0.29) is 0 Å². The zero-order valence-corrected chi connectivity index (χ0v) is 11.5. The monoisotopic (exact) mass is 268 g/mol. The SMILES string of the molecule is [c]1ccc2c(-c3ccccc3)cn(-c3ccccc3)c2c1. The molecule has 4 aromatic rings. The number of aromatic nitrogens is 1. The molecule has 99 valence electrons. The highest BCUT2D eigenvalue weighted by Gasteiger charge is 2.10.